The first-order valence-corrected chi connectivity index (χ1v) is 7.86. The van der Waals surface area contributed by atoms with Crippen LogP contribution >= 0.6 is 35.6 Å². The molecular weight excluding hydrogens is 456 g/mol. The first-order valence-electron chi connectivity index (χ1n) is 7.48. The van der Waals surface area contributed by atoms with Gasteiger partial charge in [0.1, 0.15) is 11.6 Å². The highest BCUT2D eigenvalue weighted by Gasteiger charge is 2.23. The molecule has 2 rings (SSSR count). The average Bonchev–Trinajstić information content (AvgIpc) is 2.53. The second kappa shape index (κ2) is 9.24. The summed E-state index contributed by atoms with van der Waals surface area (Å²) < 4.78 is 18.4. The van der Waals surface area contributed by atoms with E-state index in [1.807, 2.05) is 38.1 Å². The van der Waals surface area contributed by atoms with Crippen molar-refractivity contribution in [3.63, 3.8) is 0 Å². The molecule has 0 amide bonds. The van der Waals surface area contributed by atoms with Gasteiger partial charge in [-0.2, -0.15) is 0 Å². The van der Waals surface area contributed by atoms with Gasteiger partial charge in [-0.1, -0.05) is 37.6 Å². The van der Waals surface area contributed by atoms with Crippen LogP contribution in [0.25, 0.3) is 0 Å². The van der Waals surface area contributed by atoms with Gasteiger partial charge < -0.3 is 15.8 Å². The van der Waals surface area contributed by atoms with E-state index in [2.05, 4.69) is 10.3 Å². The molecule has 0 fully saturated rings. The second-order valence-corrected chi connectivity index (χ2v) is 6.47. The number of guanidine groups is 1. The predicted octanol–water partition coefficient (Wildman–Crippen LogP) is 4.81. The lowest BCUT2D eigenvalue weighted by atomic mass is 9.84. The fourth-order valence-electron chi connectivity index (χ4n) is 2.29. The minimum absolute atomic E-state index is 0. The third kappa shape index (κ3) is 6.04. The lowest BCUT2D eigenvalue weighted by Gasteiger charge is -2.24. The molecule has 4 nitrogen and oxygen atoms in total. The van der Waals surface area contributed by atoms with Crippen LogP contribution in [0, 0.1) is 5.82 Å². The maximum Gasteiger partial charge on any atom is 0.193 e. The number of nitrogens with one attached hydrogen (secondary N) is 1. The predicted molar refractivity (Wildman–Crippen MR) is 113 cm³/mol. The molecule has 0 aliphatic rings. The van der Waals surface area contributed by atoms with Crippen molar-refractivity contribution in [1.82, 2.24) is 0 Å². The van der Waals surface area contributed by atoms with E-state index in [1.54, 1.807) is 13.2 Å². The van der Waals surface area contributed by atoms with Crippen molar-refractivity contribution in [2.24, 2.45) is 10.7 Å². The zero-order valence-corrected chi connectivity index (χ0v) is 17.4. The number of hydrogen-bond donors (Lipinski definition) is 2. The van der Waals surface area contributed by atoms with E-state index in [1.165, 1.54) is 12.1 Å². The zero-order chi connectivity index (χ0) is 17.7. The van der Waals surface area contributed by atoms with E-state index in [0.29, 0.717) is 11.6 Å². The molecule has 0 aliphatic heterocycles. The molecule has 0 saturated carbocycles. The standard InChI is InChI=1S/C18H21ClFN3O.HI/c1-18(2,15-8-7-12(20)9-16(15)19)11-22-17(21)23-13-5-4-6-14(10-13)24-3;/h4-10H,11H2,1-3H3,(H3,21,22,23);1H. The Hall–Kier alpha value is -1.54. The molecule has 0 radical (unpaired) electrons. The molecule has 2 aromatic rings. The molecule has 0 bridgehead atoms. The Bertz CT molecular complexity index is 753. The number of rotatable bonds is 5. The number of benzene rings is 2. The van der Waals surface area contributed by atoms with Gasteiger partial charge in [0.25, 0.3) is 0 Å². The van der Waals surface area contributed by atoms with Gasteiger partial charge in [0.15, 0.2) is 5.96 Å². The van der Waals surface area contributed by atoms with Gasteiger partial charge in [0, 0.05) is 22.2 Å². The summed E-state index contributed by atoms with van der Waals surface area (Å²) >= 11 is 6.14. The summed E-state index contributed by atoms with van der Waals surface area (Å²) in [6.07, 6.45) is 0. The number of methoxy groups -OCH3 is 1. The highest BCUT2D eigenvalue weighted by Crippen LogP contribution is 2.30. The summed E-state index contributed by atoms with van der Waals surface area (Å²) in [5.41, 5.74) is 7.17. The van der Waals surface area contributed by atoms with Crippen molar-refractivity contribution in [2.45, 2.75) is 19.3 Å². The summed E-state index contributed by atoms with van der Waals surface area (Å²) in [6, 6.07) is 11.8. The maximum absolute atomic E-state index is 13.2. The molecule has 25 heavy (non-hydrogen) atoms. The third-order valence-electron chi connectivity index (χ3n) is 3.65. The second-order valence-electron chi connectivity index (χ2n) is 6.07. The molecule has 0 saturated heterocycles. The highest BCUT2D eigenvalue weighted by atomic mass is 127. The minimum Gasteiger partial charge on any atom is -0.497 e. The van der Waals surface area contributed by atoms with Gasteiger partial charge in [-0.25, -0.2) is 4.39 Å². The molecular formula is C18H22ClFIN3O. The van der Waals surface area contributed by atoms with Gasteiger partial charge in [-0.3, -0.25) is 4.99 Å². The monoisotopic (exact) mass is 477 g/mol. The quantitative estimate of drug-likeness (QED) is 0.369. The number of nitrogens with zero attached hydrogens (tertiary/aromatic N) is 1. The summed E-state index contributed by atoms with van der Waals surface area (Å²) in [5.74, 6) is 0.656. The Kier molecular flexibility index (Phi) is 7.95. The summed E-state index contributed by atoms with van der Waals surface area (Å²) in [4.78, 5) is 4.38. The van der Waals surface area contributed by atoms with Gasteiger partial charge in [-0.15, -0.1) is 24.0 Å². The number of ether oxygens (including phenoxy) is 1. The SMILES string of the molecule is COc1cccc(NC(N)=NCC(C)(C)c2ccc(F)cc2Cl)c1.I. The Morgan fingerprint density at radius 1 is 1.28 bits per heavy atom. The smallest absolute Gasteiger partial charge is 0.193 e. The molecule has 0 spiro atoms. The summed E-state index contributed by atoms with van der Waals surface area (Å²) in [5, 5.41) is 3.40. The van der Waals surface area contributed by atoms with Crippen LogP contribution < -0.4 is 15.8 Å². The number of anilines is 1. The van der Waals surface area contributed by atoms with Crippen LogP contribution in [0.15, 0.2) is 47.5 Å². The molecule has 0 atom stereocenters. The van der Waals surface area contributed by atoms with Crippen LogP contribution in [0.5, 0.6) is 5.75 Å². The van der Waals surface area contributed by atoms with Gasteiger partial charge in [-0.05, 0) is 29.8 Å². The van der Waals surface area contributed by atoms with Gasteiger partial charge in [0.05, 0.1) is 13.7 Å². The molecule has 7 heteroatoms. The maximum atomic E-state index is 13.2. The van der Waals surface area contributed by atoms with E-state index in [9.17, 15) is 4.39 Å². The molecule has 0 aliphatic carbocycles. The highest BCUT2D eigenvalue weighted by molar-refractivity contribution is 14.0. The van der Waals surface area contributed by atoms with E-state index in [4.69, 9.17) is 22.1 Å². The fraction of sp³-hybridized carbons (Fsp3) is 0.278. The van der Waals surface area contributed by atoms with Crippen molar-refractivity contribution in [2.75, 3.05) is 19.0 Å². The van der Waals surface area contributed by atoms with E-state index in [-0.39, 0.29) is 41.2 Å². The van der Waals surface area contributed by atoms with Crippen LogP contribution in [0.2, 0.25) is 5.02 Å². The van der Waals surface area contributed by atoms with Crippen molar-refractivity contribution >= 4 is 47.2 Å². The first-order chi connectivity index (χ1) is 11.3. The van der Waals surface area contributed by atoms with Gasteiger partial charge in [0.2, 0.25) is 0 Å². The van der Waals surface area contributed by atoms with E-state index in [0.717, 1.165) is 17.0 Å². The van der Waals surface area contributed by atoms with Crippen LogP contribution in [0.1, 0.15) is 19.4 Å². The molecule has 0 unspecified atom stereocenters. The molecule has 3 N–H and O–H groups in total. The van der Waals surface area contributed by atoms with Crippen molar-refractivity contribution < 1.29 is 9.13 Å². The summed E-state index contributed by atoms with van der Waals surface area (Å²) in [7, 11) is 1.60. The lowest BCUT2D eigenvalue weighted by Crippen LogP contribution is -2.28. The Balaban J connectivity index is 0.00000312. The third-order valence-corrected chi connectivity index (χ3v) is 3.96. The number of nitrogens with two attached hydrogens (primary N) is 1. The van der Waals surface area contributed by atoms with Crippen molar-refractivity contribution in [3.8, 4) is 5.75 Å². The topological polar surface area (TPSA) is 59.6 Å². The number of hydrogen-bond acceptors (Lipinski definition) is 2. The Morgan fingerprint density at radius 2 is 2.00 bits per heavy atom. The number of halogens is 3. The lowest BCUT2D eigenvalue weighted by molar-refractivity contribution is 0.415. The average molecular weight is 478 g/mol. The molecule has 2 aromatic carbocycles. The van der Waals surface area contributed by atoms with E-state index >= 15 is 0 Å². The van der Waals surface area contributed by atoms with Crippen LogP contribution in [0.4, 0.5) is 10.1 Å². The molecule has 136 valence electrons. The Labute approximate surface area is 169 Å². The normalized spacial score (nSPS) is 11.6. The first kappa shape index (κ1) is 21.5. The van der Waals surface area contributed by atoms with Gasteiger partial charge >= 0.3 is 0 Å². The minimum atomic E-state index is -0.383. The largest absolute Gasteiger partial charge is 0.497 e. The fourth-order valence-corrected chi connectivity index (χ4v) is 2.72. The van der Waals surface area contributed by atoms with E-state index < -0.39 is 0 Å². The van der Waals surface area contributed by atoms with Crippen molar-refractivity contribution in [1.29, 1.82) is 0 Å². The van der Waals surface area contributed by atoms with Crippen molar-refractivity contribution in [3.05, 3.63) is 58.9 Å². The number of aliphatic imine (C=N–C) groups is 1. The molecule has 0 heterocycles. The molecule has 0 aromatic heterocycles. The van der Waals surface area contributed by atoms with Crippen LogP contribution in [0.3, 0.4) is 0 Å². The summed E-state index contributed by atoms with van der Waals surface area (Å²) in [6.45, 7) is 4.37. The zero-order valence-electron chi connectivity index (χ0n) is 14.3. The Morgan fingerprint density at radius 3 is 2.64 bits per heavy atom. The van der Waals surface area contributed by atoms with Crippen LogP contribution in [-0.4, -0.2) is 19.6 Å². The van der Waals surface area contributed by atoms with Crippen LogP contribution in [-0.2, 0) is 5.41 Å².